The van der Waals surface area contributed by atoms with Gasteiger partial charge >= 0.3 is 6.18 Å². The molecule has 1 N–H and O–H groups in total. The molecule has 3 aromatic heterocycles. The van der Waals surface area contributed by atoms with Crippen molar-refractivity contribution in [3.05, 3.63) is 69.8 Å². The summed E-state index contributed by atoms with van der Waals surface area (Å²) in [5.41, 5.74) is 0.297. The van der Waals surface area contributed by atoms with Crippen molar-refractivity contribution in [2.45, 2.75) is 33.2 Å². The van der Waals surface area contributed by atoms with E-state index in [0.29, 0.717) is 16.0 Å². The molecule has 33 heavy (non-hydrogen) atoms. The van der Waals surface area contributed by atoms with Crippen LogP contribution in [0.1, 0.15) is 34.4 Å². The maximum Gasteiger partial charge on any atom is 0.433 e. The number of aryl methyl sites for hydroxylation is 2. The zero-order valence-corrected chi connectivity index (χ0v) is 19.1. The molecule has 0 bridgehead atoms. The number of ether oxygens (including phenoxy) is 1. The van der Waals surface area contributed by atoms with Crippen molar-refractivity contribution in [3.63, 3.8) is 0 Å². The zero-order chi connectivity index (χ0) is 23.8. The number of nitrogens with one attached hydrogen (secondary N) is 1. The van der Waals surface area contributed by atoms with Gasteiger partial charge in [-0.3, -0.25) is 4.79 Å². The lowest BCUT2D eigenvalue weighted by Gasteiger charge is -2.09. The molecule has 0 saturated carbocycles. The lowest BCUT2D eigenvalue weighted by atomic mass is 10.2. The number of benzene rings is 1. The molecule has 1 aromatic carbocycles. The van der Waals surface area contributed by atoms with Gasteiger partial charge in [-0.25, -0.2) is 14.2 Å². The van der Waals surface area contributed by atoms with E-state index in [2.05, 4.69) is 43.4 Å². The normalized spacial score (nSPS) is 11.7. The summed E-state index contributed by atoms with van der Waals surface area (Å²) >= 11 is 3.15. The second kappa shape index (κ2) is 8.85. The van der Waals surface area contributed by atoms with E-state index < -0.39 is 17.8 Å². The first kappa shape index (κ1) is 22.8. The molecule has 0 aliphatic rings. The van der Waals surface area contributed by atoms with Gasteiger partial charge in [0.05, 0.1) is 22.6 Å². The van der Waals surface area contributed by atoms with Crippen LogP contribution in [-0.2, 0) is 19.3 Å². The number of carbonyl (C=O) groups is 1. The van der Waals surface area contributed by atoms with E-state index in [1.165, 1.54) is 29.6 Å². The van der Waals surface area contributed by atoms with Crippen LogP contribution in [0, 0.1) is 6.92 Å². The van der Waals surface area contributed by atoms with Gasteiger partial charge in [0.25, 0.3) is 5.91 Å². The monoisotopic (exact) mass is 522 g/mol. The van der Waals surface area contributed by atoms with Crippen LogP contribution in [0.5, 0.6) is 5.75 Å². The molecule has 0 radical (unpaired) electrons. The van der Waals surface area contributed by atoms with Gasteiger partial charge in [-0.2, -0.15) is 23.4 Å². The van der Waals surface area contributed by atoms with Gasteiger partial charge in [0.15, 0.2) is 18.1 Å². The average Bonchev–Trinajstić information content (AvgIpc) is 3.35. The minimum absolute atomic E-state index is 0.0560. The Bertz CT molecular complexity index is 1310. The number of hydrogen-bond donors (Lipinski definition) is 1. The van der Waals surface area contributed by atoms with Gasteiger partial charge in [-0.15, -0.1) is 0 Å². The predicted octanol–water partition coefficient (Wildman–Crippen LogP) is 4.87. The molecule has 0 fully saturated rings. The molecule has 0 aliphatic carbocycles. The van der Waals surface area contributed by atoms with Crippen molar-refractivity contribution in [1.82, 2.24) is 24.4 Å². The molecule has 0 aliphatic heterocycles. The van der Waals surface area contributed by atoms with Crippen LogP contribution in [0.2, 0.25) is 0 Å². The van der Waals surface area contributed by atoms with Crippen molar-refractivity contribution in [1.29, 1.82) is 0 Å². The van der Waals surface area contributed by atoms with E-state index in [1.807, 2.05) is 24.3 Å². The molecule has 0 spiro atoms. The Morgan fingerprint density at radius 1 is 1.24 bits per heavy atom. The number of alkyl halides is 3. The second-order valence-electron chi connectivity index (χ2n) is 7.17. The van der Waals surface area contributed by atoms with Crippen LogP contribution >= 0.6 is 15.9 Å². The third kappa shape index (κ3) is 4.85. The van der Waals surface area contributed by atoms with E-state index in [1.54, 1.807) is 0 Å². The number of nitrogens with zero attached hydrogens (tertiary/aromatic N) is 5. The average molecular weight is 523 g/mol. The summed E-state index contributed by atoms with van der Waals surface area (Å²) in [6.07, 6.45) is -0.804. The maximum absolute atomic E-state index is 13.4. The maximum atomic E-state index is 13.4. The Morgan fingerprint density at radius 2 is 1.97 bits per heavy atom. The van der Waals surface area contributed by atoms with E-state index in [-0.39, 0.29) is 28.2 Å². The van der Waals surface area contributed by atoms with Gasteiger partial charge in [-0.05, 0) is 53.0 Å². The van der Waals surface area contributed by atoms with Crippen molar-refractivity contribution < 1.29 is 22.7 Å². The molecule has 0 atom stereocenters. The first-order valence-corrected chi connectivity index (χ1v) is 10.6. The van der Waals surface area contributed by atoms with E-state index in [0.717, 1.165) is 12.5 Å². The largest absolute Gasteiger partial charge is 0.471 e. The van der Waals surface area contributed by atoms with Gasteiger partial charge in [-0.1, -0.05) is 19.1 Å². The number of rotatable bonds is 6. The van der Waals surface area contributed by atoms with E-state index in [4.69, 9.17) is 4.74 Å². The number of anilines is 1. The minimum Gasteiger partial charge on any atom is -0.471 e. The smallest absolute Gasteiger partial charge is 0.433 e. The van der Waals surface area contributed by atoms with E-state index in [9.17, 15) is 18.0 Å². The summed E-state index contributed by atoms with van der Waals surface area (Å²) < 4.78 is 48.0. The van der Waals surface area contributed by atoms with Crippen LogP contribution in [0.15, 0.2) is 47.2 Å². The number of amides is 1. The highest BCUT2D eigenvalue weighted by atomic mass is 79.9. The Balaban J connectivity index is 1.49. The van der Waals surface area contributed by atoms with Crippen LogP contribution in [-0.4, -0.2) is 30.3 Å². The lowest BCUT2D eigenvalue weighted by molar-refractivity contribution is -0.142. The Labute approximate surface area is 194 Å². The molecule has 12 heteroatoms. The van der Waals surface area contributed by atoms with Crippen molar-refractivity contribution in [2.24, 2.45) is 0 Å². The Kier molecular flexibility index (Phi) is 6.11. The molecule has 4 rings (SSSR count). The van der Waals surface area contributed by atoms with Crippen LogP contribution in [0.3, 0.4) is 0 Å². The lowest BCUT2D eigenvalue weighted by Crippen LogP contribution is -2.15. The SMILES string of the molecule is CCc1ccc(OCn2cc(NC(=O)c3nn4c(C(F)(F)F)cc(C)nc4c3Br)cn2)cc1. The standard InChI is InChI=1S/C21H18BrF3N6O2/c1-3-13-4-6-15(7-5-13)33-11-30-10-14(9-26-30)28-20(32)18-17(22)19-27-12(2)8-16(21(23,24)25)31(19)29-18/h4-10H,3,11H2,1-2H3,(H,28,32). The number of aromatic nitrogens is 5. The van der Waals surface area contributed by atoms with Gasteiger partial charge < -0.3 is 10.1 Å². The summed E-state index contributed by atoms with van der Waals surface area (Å²) in [6, 6.07) is 8.52. The molecule has 3 heterocycles. The molecule has 0 unspecified atom stereocenters. The number of carbonyl (C=O) groups excluding carboxylic acids is 1. The second-order valence-corrected chi connectivity index (χ2v) is 7.97. The topological polar surface area (TPSA) is 86.3 Å². The quantitative estimate of drug-likeness (QED) is 0.390. The fourth-order valence-corrected chi connectivity index (χ4v) is 3.63. The molecular weight excluding hydrogens is 505 g/mol. The number of halogens is 4. The highest BCUT2D eigenvalue weighted by molar-refractivity contribution is 9.10. The molecule has 1 amide bonds. The molecule has 4 aromatic rings. The van der Waals surface area contributed by atoms with Crippen molar-refractivity contribution in [3.8, 4) is 5.75 Å². The summed E-state index contributed by atoms with van der Waals surface area (Å²) in [5.74, 6) is -0.0426. The summed E-state index contributed by atoms with van der Waals surface area (Å²) in [6.45, 7) is 3.60. The van der Waals surface area contributed by atoms with Crippen LogP contribution in [0.4, 0.5) is 18.9 Å². The summed E-state index contributed by atoms with van der Waals surface area (Å²) in [7, 11) is 0. The van der Waals surface area contributed by atoms with Gasteiger partial charge in [0.2, 0.25) is 0 Å². The summed E-state index contributed by atoms with van der Waals surface area (Å²) in [5, 5.41) is 10.5. The fraction of sp³-hybridized carbons (Fsp3) is 0.238. The first-order valence-electron chi connectivity index (χ1n) is 9.84. The molecule has 0 saturated heterocycles. The fourth-order valence-electron chi connectivity index (χ4n) is 3.11. The summed E-state index contributed by atoms with van der Waals surface area (Å²) in [4.78, 5) is 16.8. The molecule has 8 nitrogen and oxygen atoms in total. The zero-order valence-electron chi connectivity index (χ0n) is 17.5. The van der Waals surface area contributed by atoms with Gasteiger partial charge in [0, 0.05) is 5.69 Å². The van der Waals surface area contributed by atoms with Crippen molar-refractivity contribution in [2.75, 3.05) is 5.32 Å². The molecular formula is C21H18BrF3N6O2. The first-order chi connectivity index (χ1) is 15.7. The van der Waals surface area contributed by atoms with Gasteiger partial charge in [0.1, 0.15) is 11.4 Å². The Morgan fingerprint density at radius 3 is 2.64 bits per heavy atom. The van der Waals surface area contributed by atoms with Crippen LogP contribution in [0.25, 0.3) is 5.65 Å². The minimum atomic E-state index is -4.66. The van der Waals surface area contributed by atoms with Crippen molar-refractivity contribution >= 4 is 33.2 Å². The van der Waals surface area contributed by atoms with Crippen LogP contribution < -0.4 is 10.1 Å². The molecule has 172 valence electrons. The highest BCUT2D eigenvalue weighted by Crippen LogP contribution is 2.32. The Hall–Kier alpha value is -3.41. The van der Waals surface area contributed by atoms with E-state index >= 15 is 0 Å². The highest BCUT2D eigenvalue weighted by Gasteiger charge is 2.36. The number of fused-ring (bicyclic) bond motifs is 1. The third-order valence-corrected chi connectivity index (χ3v) is 5.48. The third-order valence-electron chi connectivity index (χ3n) is 4.75. The predicted molar refractivity (Wildman–Crippen MR) is 117 cm³/mol. The number of hydrogen-bond acceptors (Lipinski definition) is 5.